The lowest BCUT2D eigenvalue weighted by Gasteiger charge is -2.45. The van der Waals surface area contributed by atoms with Crippen LogP contribution in [-0.2, 0) is 0 Å². The van der Waals surface area contributed by atoms with Gasteiger partial charge in [0.25, 0.3) is 0 Å². The molecule has 0 bridgehead atoms. The zero-order valence-corrected chi connectivity index (χ0v) is 5.70. The quantitative estimate of drug-likeness (QED) is 0.509. The largest absolute Gasteiger partial charge is 0.244 e. The first-order valence-electron chi connectivity index (χ1n) is 4.00. The van der Waals surface area contributed by atoms with Crippen LogP contribution >= 0.6 is 0 Å². The van der Waals surface area contributed by atoms with E-state index < -0.39 is 5.67 Å². The van der Waals surface area contributed by atoms with Crippen LogP contribution in [0.2, 0.25) is 0 Å². The predicted octanol–water partition coefficient (Wildman–Crippen LogP) is 2.68. The second-order valence-electron chi connectivity index (χ2n) is 3.52. The molecule has 0 aromatic carbocycles. The molecule has 2 aliphatic carbocycles. The summed E-state index contributed by atoms with van der Waals surface area (Å²) in [6.45, 7) is 0. The summed E-state index contributed by atoms with van der Waals surface area (Å²) < 4.78 is 13.4. The van der Waals surface area contributed by atoms with Crippen LogP contribution in [0.1, 0.15) is 38.5 Å². The average molecular weight is 128 g/mol. The molecule has 0 heterocycles. The molecule has 0 saturated heterocycles. The van der Waals surface area contributed by atoms with Crippen LogP contribution in [0, 0.1) is 5.92 Å². The van der Waals surface area contributed by atoms with Gasteiger partial charge in [0, 0.05) is 0 Å². The normalized spacial score (nSPS) is 33.0. The second kappa shape index (κ2) is 1.71. The summed E-state index contributed by atoms with van der Waals surface area (Å²) in [6.07, 6.45) is 6.45. The average Bonchev–Trinajstić information content (AvgIpc) is 1.56. The molecule has 1 heteroatoms. The van der Waals surface area contributed by atoms with Crippen LogP contribution in [0.3, 0.4) is 0 Å². The molecule has 0 unspecified atom stereocenters. The van der Waals surface area contributed by atoms with Gasteiger partial charge in [-0.3, -0.25) is 0 Å². The van der Waals surface area contributed by atoms with E-state index in [1.54, 1.807) is 0 Å². The van der Waals surface area contributed by atoms with Crippen LogP contribution in [0.15, 0.2) is 0 Å². The maximum atomic E-state index is 13.4. The van der Waals surface area contributed by atoms with Gasteiger partial charge in [-0.25, -0.2) is 4.39 Å². The Labute approximate surface area is 55.4 Å². The summed E-state index contributed by atoms with van der Waals surface area (Å²) in [7, 11) is 0. The van der Waals surface area contributed by atoms with Gasteiger partial charge in [-0.2, -0.15) is 0 Å². The third kappa shape index (κ3) is 0.702. The lowest BCUT2D eigenvalue weighted by atomic mass is 9.64. The molecule has 0 N–H and O–H groups in total. The molecule has 9 heavy (non-hydrogen) atoms. The summed E-state index contributed by atoms with van der Waals surface area (Å²) in [5.74, 6) is 0.464. The highest BCUT2D eigenvalue weighted by Crippen LogP contribution is 2.49. The number of rotatable bonds is 1. The van der Waals surface area contributed by atoms with Crippen molar-refractivity contribution in [1.29, 1.82) is 0 Å². The van der Waals surface area contributed by atoms with Gasteiger partial charge >= 0.3 is 0 Å². The minimum absolute atomic E-state index is 0.464. The van der Waals surface area contributed by atoms with E-state index in [2.05, 4.69) is 0 Å². The van der Waals surface area contributed by atoms with Crippen molar-refractivity contribution in [2.24, 2.45) is 5.92 Å². The highest BCUT2D eigenvalue weighted by Gasteiger charge is 2.46. The molecule has 2 fully saturated rings. The predicted molar refractivity (Wildman–Crippen MR) is 35.0 cm³/mol. The van der Waals surface area contributed by atoms with E-state index in [0.717, 1.165) is 32.1 Å². The molecular formula is C8H13F. The van der Waals surface area contributed by atoms with Crippen LogP contribution in [0.4, 0.5) is 4.39 Å². The van der Waals surface area contributed by atoms with Crippen molar-refractivity contribution in [1.82, 2.24) is 0 Å². The molecule has 0 aromatic heterocycles. The molecule has 0 atom stereocenters. The monoisotopic (exact) mass is 128 g/mol. The smallest absolute Gasteiger partial charge is 0.113 e. The summed E-state index contributed by atoms with van der Waals surface area (Å²) in [5, 5.41) is 0. The Kier molecular flexibility index (Phi) is 1.08. The summed E-state index contributed by atoms with van der Waals surface area (Å²) in [6, 6.07) is 0. The third-order valence-electron chi connectivity index (χ3n) is 3.02. The van der Waals surface area contributed by atoms with Gasteiger partial charge in [-0.05, 0) is 38.0 Å². The topological polar surface area (TPSA) is 0 Å². The molecule has 0 nitrogen and oxygen atoms in total. The Morgan fingerprint density at radius 1 is 1.11 bits per heavy atom. The highest BCUT2D eigenvalue weighted by molar-refractivity contribution is 4.97. The van der Waals surface area contributed by atoms with Crippen LogP contribution in [0.25, 0.3) is 0 Å². The van der Waals surface area contributed by atoms with Crippen molar-refractivity contribution in [2.75, 3.05) is 0 Å². The number of hydrogen-bond donors (Lipinski definition) is 0. The summed E-state index contributed by atoms with van der Waals surface area (Å²) in [5.41, 5.74) is -0.682. The van der Waals surface area contributed by atoms with Crippen molar-refractivity contribution in [3.8, 4) is 0 Å². The van der Waals surface area contributed by atoms with E-state index in [0.29, 0.717) is 5.92 Å². The van der Waals surface area contributed by atoms with Gasteiger partial charge in [0.2, 0.25) is 0 Å². The van der Waals surface area contributed by atoms with E-state index in [1.807, 2.05) is 0 Å². The van der Waals surface area contributed by atoms with Crippen molar-refractivity contribution in [3.05, 3.63) is 0 Å². The van der Waals surface area contributed by atoms with Crippen LogP contribution in [-0.4, -0.2) is 5.67 Å². The van der Waals surface area contributed by atoms with Crippen LogP contribution in [0.5, 0.6) is 0 Å². The standard InChI is InChI=1S/C8H13F/c9-8(5-2-6-8)7-3-1-4-7/h7H,1-6H2. The molecule has 0 aliphatic heterocycles. The zero-order valence-electron chi connectivity index (χ0n) is 5.70. The molecular weight excluding hydrogens is 115 g/mol. The molecule has 2 aliphatic rings. The minimum atomic E-state index is -0.682. The second-order valence-corrected chi connectivity index (χ2v) is 3.52. The van der Waals surface area contributed by atoms with Crippen molar-refractivity contribution in [3.63, 3.8) is 0 Å². The van der Waals surface area contributed by atoms with Gasteiger partial charge in [0.1, 0.15) is 5.67 Å². The maximum Gasteiger partial charge on any atom is 0.113 e. The zero-order chi connectivity index (χ0) is 6.32. The Morgan fingerprint density at radius 3 is 1.89 bits per heavy atom. The van der Waals surface area contributed by atoms with Gasteiger partial charge in [0.15, 0.2) is 0 Å². The van der Waals surface area contributed by atoms with E-state index in [1.165, 1.54) is 6.42 Å². The first-order chi connectivity index (χ1) is 4.31. The van der Waals surface area contributed by atoms with Gasteiger partial charge in [0.05, 0.1) is 0 Å². The number of hydrogen-bond acceptors (Lipinski definition) is 0. The van der Waals surface area contributed by atoms with E-state index in [4.69, 9.17) is 0 Å². The van der Waals surface area contributed by atoms with E-state index in [-0.39, 0.29) is 0 Å². The number of alkyl halides is 1. The molecule has 0 amide bonds. The molecule has 0 radical (unpaired) electrons. The Balaban J connectivity index is 1.94. The molecule has 2 saturated carbocycles. The third-order valence-corrected chi connectivity index (χ3v) is 3.02. The molecule has 0 aromatic rings. The maximum absolute atomic E-state index is 13.4. The van der Waals surface area contributed by atoms with Crippen molar-refractivity contribution in [2.45, 2.75) is 44.2 Å². The van der Waals surface area contributed by atoms with Gasteiger partial charge in [-0.1, -0.05) is 6.42 Å². The SMILES string of the molecule is FC1(C2CCC2)CCC1. The molecule has 2 rings (SSSR count). The minimum Gasteiger partial charge on any atom is -0.244 e. The van der Waals surface area contributed by atoms with Gasteiger partial charge < -0.3 is 0 Å². The van der Waals surface area contributed by atoms with Crippen molar-refractivity contribution >= 4 is 0 Å². The van der Waals surface area contributed by atoms with E-state index in [9.17, 15) is 4.39 Å². The Hall–Kier alpha value is -0.0700. The Morgan fingerprint density at radius 2 is 1.78 bits per heavy atom. The first kappa shape index (κ1) is 5.70. The fourth-order valence-electron chi connectivity index (χ4n) is 1.85. The highest BCUT2D eigenvalue weighted by atomic mass is 19.1. The lowest BCUT2D eigenvalue weighted by Crippen LogP contribution is -2.43. The first-order valence-corrected chi connectivity index (χ1v) is 4.00. The summed E-state index contributed by atoms with van der Waals surface area (Å²) >= 11 is 0. The van der Waals surface area contributed by atoms with Gasteiger partial charge in [-0.15, -0.1) is 0 Å². The molecule has 0 spiro atoms. The fourth-order valence-corrected chi connectivity index (χ4v) is 1.85. The summed E-state index contributed by atoms with van der Waals surface area (Å²) in [4.78, 5) is 0. The number of halogens is 1. The van der Waals surface area contributed by atoms with Crippen molar-refractivity contribution < 1.29 is 4.39 Å². The molecule has 52 valence electrons. The van der Waals surface area contributed by atoms with E-state index >= 15 is 0 Å². The fraction of sp³-hybridized carbons (Fsp3) is 1.00. The van der Waals surface area contributed by atoms with Crippen LogP contribution < -0.4 is 0 Å². The Bertz CT molecular complexity index is 112. The lowest BCUT2D eigenvalue weighted by molar-refractivity contribution is -0.0353.